The van der Waals surface area contributed by atoms with Gasteiger partial charge >= 0.3 is 0 Å². The van der Waals surface area contributed by atoms with E-state index in [2.05, 4.69) is 5.32 Å². The van der Waals surface area contributed by atoms with Gasteiger partial charge in [0, 0.05) is 48.0 Å². The maximum Gasteiger partial charge on any atom is 0.253 e. The maximum atomic E-state index is 12.6. The predicted octanol–water partition coefficient (Wildman–Crippen LogP) is 2.94. The number of halogens is 1. The molecule has 0 spiro atoms. The number of ketones is 1. The lowest BCUT2D eigenvalue weighted by Gasteiger charge is -2.34. The Labute approximate surface area is 169 Å². The minimum absolute atomic E-state index is 0.0448. The van der Waals surface area contributed by atoms with Crippen LogP contribution < -0.4 is 5.32 Å². The third-order valence-electron chi connectivity index (χ3n) is 4.65. The fourth-order valence-corrected chi connectivity index (χ4v) is 3.32. The number of carbonyl (C=O) groups excluding carboxylic acids is 3. The van der Waals surface area contributed by atoms with Crippen molar-refractivity contribution in [3.63, 3.8) is 0 Å². The zero-order valence-corrected chi connectivity index (χ0v) is 16.4. The number of nitrogens with one attached hydrogen (secondary N) is 1. The van der Waals surface area contributed by atoms with Crippen LogP contribution in [-0.2, 0) is 4.79 Å². The van der Waals surface area contributed by atoms with Crippen molar-refractivity contribution < 1.29 is 14.4 Å². The standard InChI is InChI=1S/C21H22ClN3O3/c1-15(26)16-4-3-7-19(13-16)23-20(27)14-24-8-10-25(11-9-24)21(28)17-5-2-6-18(22)12-17/h2-7,12-13H,8-11,14H2,1H3,(H,23,27). The molecule has 2 aromatic carbocycles. The average Bonchev–Trinajstić information content (AvgIpc) is 2.68. The van der Waals surface area contributed by atoms with Crippen LogP contribution in [0, 0.1) is 0 Å². The zero-order valence-electron chi connectivity index (χ0n) is 15.7. The van der Waals surface area contributed by atoms with E-state index in [4.69, 9.17) is 11.6 Å². The first-order chi connectivity index (χ1) is 13.4. The van der Waals surface area contributed by atoms with Crippen LogP contribution in [0.3, 0.4) is 0 Å². The van der Waals surface area contributed by atoms with Crippen molar-refractivity contribution in [1.82, 2.24) is 9.80 Å². The molecule has 6 nitrogen and oxygen atoms in total. The molecule has 0 saturated carbocycles. The Morgan fingerprint density at radius 1 is 0.964 bits per heavy atom. The number of piperazine rings is 1. The number of Topliss-reactive ketones (excluding diaryl/α,β-unsaturated/α-hetero) is 1. The zero-order chi connectivity index (χ0) is 20.1. The lowest BCUT2D eigenvalue weighted by molar-refractivity contribution is -0.117. The monoisotopic (exact) mass is 399 g/mol. The van der Waals surface area contributed by atoms with Gasteiger partial charge < -0.3 is 10.2 Å². The topological polar surface area (TPSA) is 69.7 Å². The van der Waals surface area contributed by atoms with Gasteiger partial charge in [-0.05, 0) is 37.3 Å². The normalized spacial score (nSPS) is 14.6. The van der Waals surface area contributed by atoms with E-state index in [1.165, 1.54) is 6.92 Å². The van der Waals surface area contributed by atoms with Gasteiger partial charge in [0.15, 0.2) is 5.78 Å². The molecule has 1 fully saturated rings. The van der Waals surface area contributed by atoms with Crippen LogP contribution in [0.1, 0.15) is 27.6 Å². The molecule has 146 valence electrons. The van der Waals surface area contributed by atoms with Crippen LogP contribution in [0.4, 0.5) is 5.69 Å². The highest BCUT2D eigenvalue weighted by Crippen LogP contribution is 2.15. The quantitative estimate of drug-likeness (QED) is 0.785. The minimum Gasteiger partial charge on any atom is -0.336 e. The summed E-state index contributed by atoms with van der Waals surface area (Å²) in [4.78, 5) is 40.1. The smallest absolute Gasteiger partial charge is 0.253 e. The molecule has 1 N–H and O–H groups in total. The highest BCUT2D eigenvalue weighted by Gasteiger charge is 2.23. The average molecular weight is 400 g/mol. The first kappa shape index (κ1) is 20.0. The highest BCUT2D eigenvalue weighted by molar-refractivity contribution is 6.30. The van der Waals surface area contributed by atoms with E-state index in [1.54, 1.807) is 53.4 Å². The van der Waals surface area contributed by atoms with Gasteiger partial charge in [-0.2, -0.15) is 0 Å². The van der Waals surface area contributed by atoms with Gasteiger partial charge in [-0.15, -0.1) is 0 Å². The van der Waals surface area contributed by atoms with Crippen molar-refractivity contribution in [3.05, 3.63) is 64.7 Å². The van der Waals surface area contributed by atoms with Gasteiger partial charge in [-0.1, -0.05) is 29.8 Å². The molecule has 1 aliphatic rings. The van der Waals surface area contributed by atoms with Crippen molar-refractivity contribution in [2.45, 2.75) is 6.92 Å². The molecular weight excluding hydrogens is 378 g/mol. The minimum atomic E-state index is -0.143. The number of nitrogens with zero attached hydrogens (tertiary/aromatic N) is 2. The van der Waals surface area contributed by atoms with E-state index in [1.807, 2.05) is 4.90 Å². The predicted molar refractivity (Wildman–Crippen MR) is 109 cm³/mol. The SMILES string of the molecule is CC(=O)c1cccc(NC(=O)CN2CCN(C(=O)c3cccc(Cl)c3)CC2)c1. The fourth-order valence-electron chi connectivity index (χ4n) is 3.13. The van der Waals surface area contributed by atoms with Crippen LogP contribution >= 0.6 is 11.6 Å². The first-order valence-corrected chi connectivity index (χ1v) is 9.48. The first-order valence-electron chi connectivity index (χ1n) is 9.10. The molecule has 2 aromatic rings. The van der Waals surface area contributed by atoms with Gasteiger partial charge in [0.05, 0.1) is 6.54 Å². The Kier molecular flexibility index (Phi) is 6.44. The lowest BCUT2D eigenvalue weighted by Crippen LogP contribution is -2.50. The van der Waals surface area contributed by atoms with Gasteiger partial charge in [0.1, 0.15) is 0 Å². The van der Waals surface area contributed by atoms with Crippen molar-refractivity contribution in [1.29, 1.82) is 0 Å². The molecule has 0 unspecified atom stereocenters. The summed E-state index contributed by atoms with van der Waals surface area (Å²) in [5, 5.41) is 3.36. The highest BCUT2D eigenvalue weighted by atomic mass is 35.5. The van der Waals surface area contributed by atoms with Gasteiger partial charge in [-0.25, -0.2) is 0 Å². The summed E-state index contributed by atoms with van der Waals surface area (Å²) in [5.41, 5.74) is 1.74. The molecule has 7 heteroatoms. The van der Waals surface area contributed by atoms with E-state index >= 15 is 0 Å². The Morgan fingerprint density at radius 2 is 1.64 bits per heavy atom. The Balaban J connectivity index is 1.50. The molecule has 0 aliphatic carbocycles. The number of anilines is 1. The summed E-state index contributed by atoms with van der Waals surface area (Å²) < 4.78 is 0. The third-order valence-corrected chi connectivity index (χ3v) is 4.89. The molecule has 2 amide bonds. The van der Waals surface area contributed by atoms with Crippen molar-refractivity contribution in [2.24, 2.45) is 0 Å². The number of carbonyl (C=O) groups is 3. The Hall–Kier alpha value is -2.70. The summed E-state index contributed by atoms with van der Waals surface area (Å²) in [6, 6.07) is 13.8. The second-order valence-corrected chi connectivity index (χ2v) is 7.20. The second-order valence-electron chi connectivity index (χ2n) is 6.76. The van der Waals surface area contributed by atoms with E-state index in [-0.39, 0.29) is 24.1 Å². The van der Waals surface area contributed by atoms with Crippen LogP contribution in [0.2, 0.25) is 5.02 Å². The summed E-state index contributed by atoms with van der Waals surface area (Å²) >= 11 is 5.96. The number of amides is 2. The molecule has 3 rings (SSSR count). The summed E-state index contributed by atoms with van der Waals surface area (Å²) in [7, 11) is 0. The lowest BCUT2D eigenvalue weighted by atomic mass is 10.1. The van der Waals surface area contributed by atoms with Crippen LogP contribution in [0.15, 0.2) is 48.5 Å². The van der Waals surface area contributed by atoms with Crippen molar-refractivity contribution in [2.75, 3.05) is 38.0 Å². The van der Waals surface area contributed by atoms with Crippen LogP contribution in [0.25, 0.3) is 0 Å². The van der Waals surface area contributed by atoms with Crippen LogP contribution in [-0.4, -0.2) is 60.1 Å². The number of hydrogen-bond donors (Lipinski definition) is 1. The second kappa shape index (κ2) is 8.99. The summed E-state index contributed by atoms with van der Waals surface area (Å²) in [6.45, 7) is 4.08. The van der Waals surface area contributed by atoms with E-state index in [0.717, 1.165) is 0 Å². The number of hydrogen-bond acceptors (Lipinski definition) is 4. The molecule has 1 heterocycles. The summed E-state index contributed by atoms with van der Waals surface area (Å²) in [5.74, 6) is -0.237. The molecule has 0 bridgehead atoms. The maximum absolute atomic E-state index is 12.6. The largest absolute Gasteiger partial charge is 0.336 e. The Morgan fingerprint density at radius 3 is 2.32 bits per heavy atom. The molecule has 28 heavy (non-hydrogen) atoms. The molecule has 0 atom stereocenters. The van der Waals surface area contributed by atoms with E-state index in [9.17, 15) is 14.4 Å². The molecule has 0 aromatic heterocycles. The van der Waals surface area contributed by atoms with Gasteiger partial charge in [-0.3, -0.25) is 19.3 Å². The third kappa shape index (κ3) is 5.18. The van der Waals surface area contributed by atoms with Crippen molar-refractivity contribution in [3.8, 4) is 0 Å². The summed E-state index contributed by atoms with van der Waals surface area (Å²) in [6.07, 6.45) is 0. The molecule has 0 radical (unpaired) electrons. The fraction of sp³-hybridized carbons (Fsp3) is 0.286. The van der Waals surface area contributed by atoms with Gasteiger partial charge in [0.25, 0.3) is 5.91 Å². The van der Waals surface area contributed by atoms with Gasteiger partial charge in [0.2, 0.25) is 5.91 Å². The van der Waals surface area contributed by atoms with E-state index < -0.39 is 0 Å². The number of rotatable bonds is 5. The Bertz CT molecular complexity index is 892. The van der Waals surface area contributed by atoms with E-state index in [0.29, 0.717) is 48.0 Å². The van der Waals surface area contributed by atoms with Crippen molar-refractivity contribution >= 4 is 34.9 Å². The number of benzene rings is 2. The molecule has 1 aliphatic heterocycles. The molecular formula is C21H22ClN3O3. The van der Waals surface area contributed by atoms with Crippen LogP contribution in [0.5, 0.6) is 0 Å². The molecule has 1 saturated heterocycles.